The van der Waals surface area contributed by atoms with Crippen LogP contribution >= 0.6 is 12.8 Å². The van der Waals surface area contributed by atoms with E-state index in [4.69, 9.17) is 0 Å². The molecule has 0 atom stereocenters. The zero-order chi connectivity index (χ0) is 9.84. The first-order valence-corrected chi connectivity index (χ1v) is 3.74. The van der Waals surface area contributed by atoms with Gasteiger partial charge in [0, 0.05) is 0 Å². The number of amides is 1. The van der Waals surface area contributed by atoms with E-state index < -0.39 is 17.5 Å². The lowest BCUT2D eigenvalue weighted by Gasteiger charge is -2.02. The van der Waals surface area contributed by atoms with E-state index in [-0.39, 0.29) is 5.56 Å². The highest BCUT2D eigenvalue weighted by atomic mass is 32.1. The van der Waals surface area contributed by atoms with E-state index in [1.54, 1.807) is 0 Å². The van der Waals surface area contributed by atoms with Crippen molar-refractivity contribution in [3.8, 4) is 0 Å². The number of benzene rings is 1. The molecule has 1 aromatic rings. The molecule has 1 aromatic carbocycles. The van der Waals surface area contributed by atoms with Crippen LogP contribution in [0.3, 0.4) is 0 Å². The van der Waals surface area contributed by atoms with E-state index in [1.807, 2.05) is 10.3 Å². The third-order valence-electron chi connectivity index (χ3n) is 1.34. The molecule has 0 radical (unpaired) electrons. The molecule has 0 saturated heterocycles. The molecule has 6 heteroatoms. The minimum Gasteiger partial charge on any atom is -0.278 e. The number of halogens is 2. The quantitative estimate of drug-likeness (QED) is 0.497. The van der Waals surface area contributed by atoms with Gasteiger partial charge in [-0.1, -0.05) is 12.8 Å². The zero-order valence-corrected chi connectivity index (χ0v) is 7.24. The predicted octanol–water partition coefficient (Wildman–Crippen LogP) is 1.04. The van der Waals surface area contributed by atoms with Crippen molar-refractivity contribution < 1.29 is 13.6 Å². The van der Waals surface area contributed by atoms with Crippen molar-refractivity contribution in [3.63, 3.8) is 0 Å². The maximum Gasteiger partial charge on any atom is 0.269 e. The Labute approximate surface area is 78.6 Å². The molecule has 0 unspecified atom stereocenters. The number of carbonyl (C=O) groups excluding carboxylic acids is 1. The van der Waals surface area contributed by atoms with Crippen LogP contribution in [0.15, 0.2) is 18.2 Å². The molecular weight excluding hydrogens is 198 g/mol. The lowest BCUT2D eigenvalue weighted by atomic mass is 10.2. The molecule has 1 amide bonds. The topological polar surface area (TPSA) is 41.1 Å². The van der Waals surface area contributed by atoms with Crippen LogP contribution in [0.5, 0.6) is 0 Å². The van der Waals surface area contributed by atoms with Crippen LogP contribution in [-0.2, 0) is 0 Å². The Balaban J connectivity index is 2.99. The third kappa shape index (κ3) is 2.40. The summed E-state index contributed by atoms with van der Waals surface area (Å²) in [6.07, 6.45) is 0. The summed E-state index contributed by atoms with van der Waals surface area (Å²) in [6.45, 7) is 0. The monoisotopic (exact) mass is 204 g/mol. The Morgan fingerprint density at radius 1 is 1.38 bits per heavy atom. The highest BCUT2D eigenvalue weighted by Gasteiger charge is 2.11. The van der Waals surface area contributed by atoms with Crippen molar-refractivity contribution in [1.82, 2.24) is 10.3 Å². The molecule has 0 heterocycles. The second-order valence-electron chi connectivity index (χ2n) is 2.19. The summed E-state index contributed by atoms with van der Waals surface area (Å²) >= 11 is 3.47. The fourth-order valence-electron chi connectivity index (χ4n) is 0.790. The van der Waals surface area contributed by atoms with Crippen LogP contribution in [-0.4, -0.2) is 5.91 Å². The Morgan fingerprint density at radius 2 is 2.08 bits per heavy atom. The lowest BCUT2D eigenvalue weighted by molar-refractivity contribution is 0.0943. The van der Waals surface area contributed by atoms with Crippen LogP contribution in [0.25, 0.3) is 0 Å². The molecule has 0 aliphatic rings. The van der Waals surface area contributed by atoms with Gasteiger partial charge in [0.1, 0.15) is 11.6 Å². The number of thiol groups is 1. The molecule has 0 bridgehead atoms. The summed E-state index contributed by atoms with van der Waals surface area (Å²) in [5, 5.41) is 0. The molecule has 0 aliphatic carbocycles. The van der Waals surface area contributed by atoms with Crippen molar-refractivity contribution in [1.29, 1.82) is 0 Å². The van der Waals surface area contributed by atoms with Crippen LogP contribution < -0.4 is 10.3 Å². The van der Waals surface area contributed by atoms with Crippen LogP contribution in [0.4, 0.5) is 8.78 Å². The first-order chi connectivity index (χ1) is 6.15. The Bertz CT molecular complexity index is 332. The lowest BCUT2D eigenvalue weighted by Crippen LogP contribution is -2.31. The number of hydrogen-bond donors (Lipinski definition) is 3. The fourth-order valence-corrected chi connectivity index (χ4v) is 0.891. The minimum atomic E-state index is -0.789. The van der Waals surface area contributed by atoms with Crippen LogP contribution in [0.1, 0.15) is 10.4 Å². The predicted molar refractivity (Wildman–Crippen MR) is 45.9 cm³/mol. The normalized spacial score (nSPS) is 9.77. The van der Waals surface area contributed by atoms with Crippen molar-refractivity contribution >= 4 is 18.7 Å². The second-order valence-corrected chi connectivity index (χ2v) is 2.41. The van der Waals surface area contributed by atoms with Gasteiger partial charge in [-0.25, -0.2) is 8.78 Å². The molecule has 0 aliphatic heterocycles. The van der Waals surface area contributed by atoms with E-state index in [1.165, 1.54) is 0 Å². The standard InChI is InChI=1S/C7H6F2N2OS/c8-4-1-2-6(9)5(3-4)7(12)10-11-13/h1-3,11,13H,(H,10,12). The summed E-state index contributed by atoms with van der Waals surface area (Å²) in [4.78, 5) is 13.0. The summed E-state index contributed by atoms with van der Waals surface area (Å²) < 4.78 is 25.4. The molecule has 0 spiro atoms. The molecule has 2 N–H and O–H groups in total. The number of hydrogen-bond acceptors (Lipinski definition) is 3. The number of carbonyl (C=O) groups is 1. The zero-order valence-electron chi connectivity index (χ0n) is 6.34. The van der Waals surface area contributed by atoms with Gasteiger partial charge in [0.05, 0.1) is 5.56 Å². The molecule has 70 valence electrons. The Morgan fingerprint density at radius 3 is 2.69 bits per heavy atom. The smallest absolute Gasteiger partial charge is 0.269 e. The van der Waals surface area contributed by atoms with Crippen molar-refractivity contribution in [2.24, 2.45) is 0 Å². The van der Waals surface area contributed by atoms with Gasteiger partial charge in [0.2, 0.25) is 0 Å². The summed E-state index contributed by atoms with van der Waals surface area (Å²) in [5.41, 5.74) is 1.62. The van der Waals surface area contributed by atoms with Gasteiger partial charge in [0.15, 0.2) is 0 Å². The fraction of sp³-hybridized carbons (Fsp3) is 0. The summed E-state index contributed by atoms with van der Waals surface area (Å²) in [5.74, 6) is -2.25. The Kier molecular flexibility index (Phi) is 3.21. The van der Waals surface area contributed by atoms with Gasteiger partial charge >= 0.3 is 0 Å². The first kappa shape index (κ1) is 9.94. The van der Waals surface area contributed by atoms with Crippen molar-refractivity contribution in [2.75, 3.05) is 0 Å². The average Bonchev–Trinajstić information content (AvgIpc) is 2.09. The number of rotatable bonds is 2. The second kappa shape index (κ2) is 4.20. The molecular formula is C7H6F2N2OS. The van der Waals surface area contributed by atoms with Crippen LogP contribution in [0, 0.1) is 11.6 Å². The largest absolute Gasteiger partial charge is 0.278 e. The first-order valence-electron chi connectivity index (χ1n) is 3.29. The third-order valence-corrected chi connectivity index (χ3v) is 1.45. The maximum absolute atomic E-state index is 12.9. The van der Waals surface area contributed by atoms with Gasteiger partial charge in [-0.3, -0.25) is 10.2 Å². The average molecular weight is 204 g/mol. The van der Waals surface area contributed by atoms with E-state index in [2.05, 4.69) is 12.8 Å². The van der Waals surface area contributed by atoms with Gasteiger partial charge in [-0.2, -0.15) is 4.83 Å². The molecule has 0 fully saturated rings. The highest BCUT2D eigenvalue weighted by molar-refractivity contribution is 7.78. The van der Waals surface area contributed by atoms with Gasteiger partial charge < -0.3 is 0 Å². The van der Waals surface area contributed by atoms with Crippen LogP contribution in [0.2, 0.25) is 0 Å². The van der Waals surface area contributed by atoms with E-state index >= 15 is 0 Å². The molecule has 0 aromatic heterocycles. The SMILES string of the molecule is O=C(NNS)c1cc(F)ccc1F. The summed E-state index contributed by atoms with van der Waals surface area (Å²) in [7, 11) is 0. The van der Waals surface area contributed by atoms with Crippen molar-refractivity contribution in [3.05, 3.63) is 35.4 Å². The summed E-state index contributed by atoms with van der Waals surface area (Å²) in [6, 6.07) is 2.61. The van der Waals surface area contributed by atoms with E-state index in [9.17, 15) is 13.6 Å². The van der Waals surface area contributed by atoms with E-state index in [0.29, 0.717) is 0 Å². The van der Waals surface area contributed by atoms with Gasteiger partial charge in [-0.05, 0) is 18.2 Å². The molecule has 0 saturated carbocycles. The minimum absolute atomic E-state index is 0.374. The Hall–Kier alpha value is -1.14. The molecule has 3 nitrogen and oxygen atoms in total. The molecule has 13 heavy (non-hydrogen) atoms. The molecule has 1 rings (SSSR count). The van der Waals surface area contributed by atoms with Gasteiger partial charge in [0.25, 0.3) is 5.91 Å². The maximum atomic E-state index is 12.9. The highest BCUT2D eigenvalue weighted by Crippen LogP contribution is 2.08. The van der Waals surface area contributed by atoms with E-state index in [0.717, 1.165) is 18.2 Å². The van der Waals surface area contributed by atoms with Gasteiger partial charge in [-0.15, -0.1) is 0 Å². The van der Waals surface area contributed by atoms with Crippen molar-refractivity contribution in [2.45, 2.75) is 0 Å². The number of hydrazine groups is 1. The number of nitrogens with one attached hydrogen (secondary N) is 2.